The normalized spacial score (nSPS) is 10.7. The van der Waals surface area contributed by atoms with E-state index in [2.05, 4.69) is 5.32 Å². The molecular weight excluding hydrogens is 376 g/mol. The molecule has 0 aromatic heterocycles. The first kappa shape index (κ1) is 21.0. The molecule has 0 atom stereocenters. The summed E-state index contributed by atoms with van der Waals surface area (Å²) in [6.07, 6.45) is 3.30. The second kappa shape index (κ2) is 10.2. The highest BCUT2D eigenvalue weighted by Gasteiger charge is 2.07. The van der Waals surface area contributed by atoms with E-state index in [9.17, 15) is 9.59 Å². The summed E-state index contributed by atoms with van der Waals surface area (Å²) in [6.45, 7) is 0.664. The van der Waals surface area contributed by atoms with E-state index in [0.29, 0.717) is 23.4 Å². The average molecular weight is 400 g/mol. The van der Waals surface area contributed by atoms with Crippen molar-refractivity contribution in [2.45, 2.75) is 0 Å². The van der Waals surface area contributed by atoms with Gasteiger partial charge < -0.3 is 15.3 Å². The van der Waals surface area contributed by atoms with Crippen molar-refractivity contribution in [1.29, 1.82) is 0 Å². The number of carbonyl (C=O) groups is 2. The van der Waals surface area contributed by atoms with Crippen molar-refractivity contribution in [3.63, 3.8) is 0 Å². The third-order valence-electron chi connectivity index (χ3n) is 4.66. The van der Waals surface area contributed by atoms with Gasteiger partial charge in [-0.2, -0.15) is 0 Å². The first-order valence-corrected chi connectivity index (χ1v) is 9.68. The number of anilines is 2. The van der Waals surface area contributed by atoms with E-state index in [1.807, 2.05) is 54.4 Å². The molecule has 152 valence electrons. The summed E-state index contributed by atoms with van der Waals surface area (Å²) in [5, 5.41) is 11.8. The lowest BCUT2D eigenvalue weighted by molar-refractivity contribution is 0.102. The molecule has 30 heavy (non-hydrogen) atoms. The zero-order valence-corrected chi connectivity index (χ0v) is 16.8. The molecule has 0 aliphatic carbocycles. The van der Waals surface area contributed by atoms with Gasteiger partial charge in [0, 0.05) is 36.1 Å². The molecule has 0 saturated heterocycles. The Hall–Kier alpha value is -3.70. The lowest BCUT2D eigenvalue weighted by Gasteiger charge is -2.17. The number of hydrogen-bond acceptors (Lipinski definition) is 4. The van der Waals surface area contributed by atoms with Crippen LogP contribution in [0.15, 0.2) is 84.9 Å². The van der Waals surface area contributed by atoms with Crippen LogP contribution in [0, 0.1) is 0 Å². The van der Waals surface area contributed by atoms with Gasteiger partial charge >= 0.3 is 0 Å². The quantitative estimate of drug-likeness (QED) is 0.438. The maximum absolute atomic E-state index is 12.4. The van der Waals surface area contributed by atoms with Crippen LogP contribution >= 0.6 is 0 Å². The third kappa shape index (κ3) is 5.65. The number of allylic oxidation sites excluding steroid dienone is 1. The first-order chi connectivity index (χ1) is 14.6. The van der Waals surface area contributed by atoms with Gasteiger partial charge in [-0.25, -0.2) is 0 Å². The van der Waals surface area contributed by atoms with Crippen LogP contribution in [-0.2, 0) is 0 Å². The fourth-order valence-electron chi connectivity index (χ4n) is 2.90. The van der Waals surface area contributed by atoms with Gasteiger partial charge in [-0.1, -0.05) is 36.4 Å². The summed E-state index contributed by atoms with van der Waals surface area (Å²) in [6, 6.07) is 23.5. The highest BCUT2D eigenvalue weighted by atomic mass is 16.3. The molecule has 1 amide bonds. The fraction of sp³-hybridized carbons (Fsp3) is 0.120. The molecular formula is C25H24N2O3. The highest BCUT2D eigenvalue weighted by molar-refractivity contribution is 6.08. The number of likely N-dealkylation sites (N-methyl/N-ethyl adjacent to an activating group) is 1. The zero-order valence-electron chi connectivity index (χ0n) is 16.8. The average Bonchev–Trinajstić information content (AvgIpc) is 2.79. The monoisotopic (exact) mass is 400 g/mol. The Kier molecular flexibility index (Phi) is 7.14. The molecule has 2 N–H and O–H groups in total. The number of ketones is 1. The zero-order chi connectivity index (χ0) is 21.3. The molecule has 5 heteroatoms. The maximum Gasteiger partial charge on any atom is 0.255 e. The molecule has 0 bridgehead atoms. The largest absolute Gasteiger partial charge is 0.395 e. The van der Waals surface area contributed by atoms with Crippen LogP contribution in [0.1, 0.15) is 26.3 Å². The molecule has 0 fully saturated rings. The van der Waals surface area contributed by atoms with Crippen molar-refractivity contribution in [1.82, 2.24) is 0 Å². The van der Waals surface area contributed by atoms with Gasteiger partial charge in [0.2, 0.25) is 0 Å². The summed E-state index contributed by atoms with van der Waals surface area (Å²) in [5.74, 6) is -0.305. The van der Waals surface area contributed by atoms with Crippen molar-refractivity contribution in [2.75, 3.05) is 30.4 Å². The van der Waals surface area contributed by atoms with Crippen LogP contribution < -0.4 is 10.2 Å². The van der Waals surface area contributed by atoms with Gasteiger partial charge in [-0.15, -0.1) is 0 Å². The van der Waals surface area contributed by atoms with Crippen LogP contribution in [0.25, 0.3) is 6.08 Å². The predicted molar refractivity (Wildman–Crippen MR) is 121 cm³/mol. The summed E-state index contributed by atoms with van der Waals surface area (Å²) >= 11 is 0. The molecule has 0 radical (unpaired) electrons. The molecule has 3 aromatic carbocycles. The van der Waals surface area contributed by atoms with Gasteiger partial charge in [-0.3, -0.25) is 9.59 Å². The molecule has 0 unspecified atom stereocenters. The number of rotatable bonds is 8. The number of hydrogen-bond donors (Lipinski definition) is 2. The number of aliphatic hydroxyl groups excluding tert-OH is 1. The van der Waals surface area contributed by atoms with Crippen molar-refractivity contribution in [3.8, 4) is 0 Å². The Labute approximate surface area is 176 Å². The molecule has 0 aliphatic rings. The van der Waals surface area contributed by atoms with Gasteiger partial charge in [0.1, 0.15) is 0 Å². The smallest absolute Gasteiger partial charge is 0.255 e. The topological polar surface area (TPSA) is 69.6 Å². The van der Waals surface area contributed by atoms with Crippen LogP contribution in [0.2, 0.25) is 0 Å². The van der Waals surface area contributed by atoms with E-state index in [-0.39, 0.29) is 18.3 Å². The second-order valence-electron chi connectivity index (χ2n) is 6.83. The molecule has 3 aromatic rings. The van der Waals surface area contributed by atoms with Gasteiger partial charge in [-0.05, 0) is 60.2 Å². The lowest BCUT2D eigenvalue weighted by atomic mass is 10.1. The van der Waals surface area contributed by atoms with E-state index in [1.54, 1.807) is 42.5 Å². The predicted octanol–water partition coefficient (Wildman–Crippen LogP) is 4.26. The van der Waals surface area contributed by atoms with Gasteiger partial charge in [0.25, 0.3) is 5.91 Å². The van der Waals surface area contributed by atoms with Crippen molar-refractivity contribution < 1.29 is 14.7 Å². The Bertz CT molecular complexity index is 1010. The minimum absolute atomic E-state index is 0.0986. The fourth-order valence-corrected chi connectivity index (χ4v) is 2.90. The van der Waals surface area contributed by atoms with Crippen LogP contribution in [0.3, 0.4) is 0 Å². The van der Waals surface area contributed by atoms with Crippen LogP contribution in [0.4, 0.5) is 11.4 Å². The van der Waals surface area contributed by atoms with E-state index in [0.717, 1.165) is 11.3 Å². The number of nitrogens with one attached hydrogen (secondary N) is 1. The number of amides is 1. The van der Waals surface area contributed by atoms with Crippen molar-refractivity contribution >= 4 is 29.1 Å². The van der Waals surface area contributed by atoms with Crippen LogP contribution in [0.5, 0.6) is 0 Å². The molecule has 5 nitrogen and oxygen atoms in total. The molecule has 0 heterocycles. The Morgan fingerprint density at radius 3 is 2.20 bits per heavy atom. The second-order valence-corrected chi connectivity index (χ2v) is 6.83. The summed E-state index contributed by atoms with van der Waals surface area (Å²) < 4.78 is 0. The van der Waals surface area contributed by atoms with E-state index < -0.39 is 0 Å². The Morgan fingerprint density at radius 1 is 0.900 bits per heavy atom. The van der Waals surface area contributed by atoms with Gasteiger partial charge in [0.05, 0.1) is 6.61 Å². The molecule has 0 saturated carbocycles. The van der Waals surface area contributed by atoms with Gasteiger partial charge in [0.15, 0.2) is 5.78 Å². The molecule has 3 rings (SSSR count). The number of benzene rings is 3. The maximum atomic E-state index is 12.4. The Balaban J connectivity index is 1.59. The standard InChI is InChI=1S/C25H24N2O3/c1-27(17-18-28)23-14-7-19(8-15-23)9-16-24(29)20-10-12-22(13-11-20)26-25(30)21-5-3-2-4-6-21/h2-16,28H,17-18H2,1H3,(H,26,30)/b16-9+. The summed E-state index contributed by atoms with van der Waals surface area (Å²) in [5.41, 5.74) is 3.67. The highest BCUT2D eigenvalue weighted by Crippen LogP contribution is 2.16. The van der Waals surface area contributed by atoms with E-state index in [1.165, 1.54) is 6.08 Å². The number of aliphatic hydroxyl groups is 1. The van der Waals surface area contributed by atoms with E-state index in [4.69, 9.17) is 5.11 Å². The molecule has 0 aliphatic heterocycles. The number of nitrogens with zero attached hydrogens (tertiary/aromatic N) is 1. The lowest BCUT2D eigenvalue weighted by Crippen LogP contribution is -2.20. The van der Waals surface area contributed by atoms with E-state index >= 15 is 0 Å². The summed E-state index contributed by atoms with van der Waals surface area (Å²) in [4.78, 5) is 26.6. The molecule has 0 spiro atoms. The minimum Gasteiger partial charge on any atom is -0.395 e. The SMILES string of the molecule is CN(CCO)c1ccc(/C=C/C(=O)c2ccc(NC(=O)c3ccccc3)cc2)cc1. The summed E-state index contributed by atoms with van der Waals surface area (Å²) in [7, 11) is 1.91. The Morgan fingerprint density at radius 2 is 1.57 bits per heavy atom. The first-order valence-electron chi connectivity index (χ1n) is 9.68. The van der Waals surface area contributed by atoms with Crippen molar-refractivity contribution in [3.05, 3.63) is 102 Å². The minimum atomic E-state index is -0.192. The number of carbonyl (C=O) groups excluding carboxylic acids is 2. The third-order valence-corrected chi connectivity index (χ3v) is 4.66. The van der Waals surface area contributed by atoms with Crippen molar-refractivity contribution in [2.24, 2.45) is 0 Å². The van der Waals surface area contributed by atoms with Crippen LogP contribution in [-0.4, -0.2) is 37.0 Å².